The summed E-state index contributed by atoms with van der Waals surface area (Å²) in [5.41, 5.74) is 2.79. The number of aryl methyl sites for hydroxylation is 2. The van der Waals surface area contributed by atoms with Crippen molar-refractivity contribution in [2.45, 2.75) is 33.1 Å². The van der Waals surface area contributed by atoms with Gasteiger partial charge >= 0.3 is 5.97 Å². The van der Waals surface area contributed by atoms with E-state index in [-0.39, 0.29) is 12.5 Å². The molecule has 2 N–H and O–H groups in total. The maximum Gasteiger partial charge on any atom is 0.348 e. The Labute approximate surface area is 182 Å². The number of carbonyl (C=O) groups excluding carboxylic acids is 3. The van der Waals surface area contributed by atoms with Gasteiger partial charge in [-0.15, -0.1) is 11.3 Å². The number of carbonyl (C=O) groups is 3. The SMILES string of the molecule is Cc1cc(Br)ccc1NC(=O)CNC(=O)COC(=O)c1cc2c(s1)CCC(C)C2. The Balaban J connectivity index is 1.42. The molecule has 1 atom stereocenters. The van der Waals surface area contributed by atoms with E-state index in [2.05, 4.69) is 33.5 Å². The second kappa shape index (κ2) is 9.54. The van der Waals surface area contributed by atoms with Crippen molar-refractivity contribution in [2.75, 3.05) is 18.5 Å². The van der Waals surface area contributed by atoms with Gasteiger partial charge < -0.3 is 15.4 Å². The van der Waals surface area contributed by atoms with Gasteiger partial charge in [0.2, 0.25) is 5.91 Å². The van der Waals surface area contributed by atoms with Crippen molar-refractivity contribution in [1.82, 2.24) is 5.32 Å². The molecule has 1 aliphatic carbocycles. The van der Waals surface area contributed by atoms with Gasteiger partial charge in [0.1, 0.15) is 4.88 Å². The van der Waals surface area contributed by atoms with E-state index < -0.39 is 18.5 Å². The molecule has 6 nitrogen and oxygen atoms in total. The number of nitrogens with one attached hydrogen (secondary N) is 2. The lowest BCUT2D eigenvalue weighted by Crippen LogP contribution is -2.35. The van der Waals surface area contributed by atoms with Crippen molar-refractivity contribution >= 4 is 50.7 Å². The lowest BCUT2D eigenvalue weighted by Gasteiger charge is -2.16. The molecule has 0 saturated carbocycles. The van der Waals surface area contributed by atoms with E-state index in [9.17, 15) is 14.4 Å². The monoisotopic (exact) mass is 478 g/mol. The Morgan fingerprint density at radius 3 is 2.79 bits per heavy atom. The lowest BCUT2D eigenvalue weighted by atomic mass is 9.90. The molecule has 1 aromatic heterocycles. The lowest BCUT2D eigenvalue weighted by molar-refractivity contribution is -0.126. The molecule has 29 heavy (non-hydrogen) atoms. The first-order valence-corrected chi connectivity index (χ1v) is 11.0. The number of hydrogen-bond acceptors (Lipinski definition) is 5. The summed E-state index contributed by atoms with van der Waals surface area (Å²) in [5, 5.41) is 5.20. The van der Waals surface area contributed by atoms with Crippen LogP contribution >= 0.6 is 27.3 Å². The third-order valence-electron chi connectivity index (χ3n) is 4.77. The third-order valence-corrected chi connectivity index (χ3v) is 6.48. The summed E-state index contributed by atoms with van der Waals surface area (Å²) in [5.74, 6) is -0.743. The molecule has 1 aromatic carbocycles. The smallest absolute Gasteiger partial charge is 0.348 e. The number of amides is 2. The maximum atomic E-state index is 12.2. The van der Waals surface area contributed by atoms with Gasteiger partial charge in [-0.1, -0.05) is 22.9 Å². The summed E-state index contributed by atoms with van der Waals surface area (Å²) in [6.07, 6.45) is 3.10. The predicted molar refractivity (Wildman–Crippen MR) is 116 cm³/mol. The van der Waals surface area contributed by atoms with E-state index in [1.54, 1.807) is 6.07 Å². The second-order valence-electron chi connectivity index (χ2n) is 7.27. The molecule has 1 aliphatic rings. The molecule has 0 fully saturated rings. The molecule has 1 heterocycles. The number of hydrogen-bond donors (Lipinski definition) is 2. The first kappa shape index (κ1) is 21.5. The highest BCUT2D eigenvalue weighted by molar-refractivity contribution is 9.10. The fourth-order valence-electron chi connectivity index (χ4n) is 3.20. The van der Waals surface area contributed by atoms with Crippen LogP contribution in [0.5, 0.6) is 0 Å². The Morgan fingerprint density at radius 2 is 2.03 bits per heavy atom. The van der Waals surface area contributed by atoms with Crippen LogP contribution in [0.2, 0.25) is 0 Å². The number of fused-ring (bicyclic) bond motifs is 1. The van der Waals surface area contributed by atoms with Crippen molar-refractivity contribution < 1.29 is 19.1 Å². The number of halogens is 1. The van der Waals surface area contributed by atoms with Crippen molar-refractivity contribution in [3.05, 3.63) is 49.6 Å². The summed E-state index contributed by atoms with van der Waals surface area (Å²) in [4.78, 5) is 37.9. The fourth-order valence-corrected chi connectivity index (χ4v) is 4.78. The molecule has 154 valence electrons. The van der Waals surface area contributed by atoms with Crippen molar-refractivity contribution in [3.63, 3.8) is 0 Å². The highest BCUT2D eigenvalue weighted by Crippen LogP contribution is 2.32. The van der Waals surface area contributed by atoms with Crippen LogP contribution in [0.1, 0.15) is 39.0 Å². The Kier molecular flexibility index (Phi) is 7.08. The van der Waals surface area contributed by atoms with E-state index >= 15 is 0 Å². The Hall–Kier alpha value is -2.19. The molecule has 0 aliphatic heterocycles. The van der Waals surface area contributed by atoms with Crippen LogP contribution in [0.25, 0.3) is 0 Å². The van der Waals surface area contributed by atoms with E-state index in [1.165, 1.54) is 21.8 Å². The summed E-state index contributed by atoms with van der Waals surface area (Å²) >= 11 is 4.81. The fraction of sp³-hybridized carbons (Fsp3) is 0.381. The molecule has 2 aromatic rings. The van der Waals surface area contributed by atoms with Crippen LogP contribution in [0.4, 0.5) is 5.69 Å². The molecule has 1 unspecified atom stereocenters. The third kappa shape index (κ3) is 5.90. The van der Waals surface area contributed by atoms with Crippen molar-refractivity contribution in [2.24, 2.45) is 5.92 Å². The number of anilines is 1. The first-order chi connectivity index (χ1) is 13.8. The van der Waals surface area contributed by atoms with E-state index in [0.29, 0.717) is 16.5 Å². The van der Waals surface area contributed by atoms with Gasteiger partial charge in [-0.3, -0.25) is 9.59 Å². The van der Waals surface area contributed by atoms with E-state index in [1.807, 2.05) is 25.1 Å². The number of benzene rings is 1. The largest absolute Gasteiger partial charge is 0.451 e. The summed E-state index contributed by atoms with van der Waals surface area (Å²) in [7, 11) is 0. The van der Waals surface area contributed by atoms with Crippen LogP contribution in [0, 0.1) is 12.8 Å². The van der Waals surface area contributed by atoms with Gasteiger partial charge in [0.05, 0.1) is 6.54 Å². The zero-order valence-corrected chi connectivity index (χ0v) is 18.7. The second-order valence-corrected chi connectivity index (χ2v) is 9.32. The van der Waals surface area contributed by atoms with Gasteiger partial charge in [0.25, 0.3) is 5.91 Å². The standard InChI is InChI=1S/C21H23BrN2O4S/c1-12-3-6-17-14(7-12)9-18(29-17)21(27)28-11-20(26)23-10-19(25)24-16-5-4-15(22)8-13(16)2/h4-5,8-9,12H,3,6-7,10-11H2,1-2H3,(H,23,26)(H,24,25). The average Bonchev–Trinajstić information content (AvgIpc) is 3.10. The highest BCUT2D eigenvalue weighted by Gasteiger charge is 2.21. The van der Waals surface area contributed by atoms with Crippen molar-refractivity contribution in [3.8, 4) is 0 Å². The molecular formula is C21H23BrN2O4S. The summed E-state index contributed by atoms with van der Waals surface area (Å²) in [6.45, 7) is 3.47. The average molecular weight is 479 g/mol. The molecule has 2 amide bonds. The number of thiophene rings is 1. The van der Waals surface area contributed by atoms with Crippen LogP contribution in [0.15, 0.2) is 28.7 Å². The Bertz CT molecular complexity index is 941. The molecule has 0 spiro atoms. The molecular weight excluding hydrogens is 456 g/mol. The van der Waals surface area contributed by atoms with Crippen LogP contribution in [-0.4, -0.2) is 30.9 Å². The summed E-state index contributed by atoms with van der Waals surface area (Å²) < 4.78 is 6.02. The quantitative estimate of drug-likeness (QED) is 0.617. The highest BCUT2D eigenvalue weighted by atomic mass is 79.9. The van der Waals surface area contributed by atoms with Gasteiger partial charge in [-0.2, -0.15) is 0 Å². The van der Waals surface area contributed by atoms with Gasteiger partial charge in [0, 0.05) is 15.0 Å². The normalized spacial score (nSPS) is 15.3. The van der Waals surface area contributed by atoms with Crippen LogP contribution < -0.4 is 10.6 Å². The topological polar surface area (TPSA) is 84.5 Å². The number of esters is 1. The molecule has 0 bridgehead atoms. The molecule has 3 rings (SSSR count). The van der Waals surface area contributed by atoms with Gasteiger partial charge in [0.15, 0.2) is 6.61 Å². The zero-order valence-electron chi connectivity index (χ0n) is 16.3. The van der Waals surface area contributed by atoms with Crippen LogP contribution in [-0.2, 0) is 27.2 Å². The van der Waals surface area contributed by atoms with Crippen LogP contribution in [0.3, 0.4) is 0 Å². The Morgan fingerprint density at radius 1 is 1.24 bits per heavy atom. The molecule has 0 saturated heterocycles. The number of rotatable bonds is 6. The minimum Gasteiger partial charge on any atom is -0.451 e. The summed E-state index contributed by atoms with van der Waals surface area (Å²) in [6, 6.07) is 7.37. The van der Waals surface area contributed by atoms with Crippen molar-refractivity contribution in [1.29, 1.82) is 0 Å². The van der Waals surface area contributed by atoms with E-state index in [0.717, 1.165) is 29.3 Å². The maximum absolute atomic E-state index is 12.2. The minimum absolute atomic E-state index is 0.197. The van der Waals surface area contributed by atoms with E-state index in [4.69, 9.17) is 4.74 Å². The predicted octanol–water partition coefficient (Wildman–Crippen LogP) is 3.86. The molecule has 0 radical (unpaired) electrons. The van der Waals surface area contributed by atoms with Gasteiger partial charge in [-0.25, -0.2) is 4.79 Å². The van der Waals surface area contributed by atoms with Gasteiger partial charge in [-0.05, 0) is 67.5 Å². The molecule has 8 heteroatoms. The minimum atomic E-state index is -0.518. The zero-order chi connectivity index (χ0) is 21.0. The number of ether oxygens (including phenoxy) is 1. The first-order valence-electron chi connectivity index (χ1n) is 9.43.